The van der Waals surface area contributed by atoms with Crippen LogP contribution < -0.4 is 4.90 Å². The van der Waals surface area contributed by atoms with Crippen molar-refractivity contribution in [3.63, 3.8) is 0 Å². The monoisotopic (exact) mass is 305 g/mol. The third-order valence-electron chi connectivity index (χ3n) is 3.00. The Hall–Kier alpha value is -1.32. The minimum Gasteiger partial charge on any atom is -0.392 e. The first-order valence-corrected chi connectivity index (χ1v) is 6.61. The molecule has 0 spiro atoms. The summed E-state index contributed by atoms with van der Waals surface area (Å²) >= 11 is 3.47. The Morgan fingerprint density at radius 2 is 1.78 bits per heavy atom. The van der Waals surface area contributed by atoms with Gasteiger partial charge in [0.1, 0.15) is 0 Å². The molecule has 0 amide bonds. The van der Waals surface area contributed by atoms with Crippen LogP contribution in [0.25, 0.3) is 0 Å². The van der Waals surface area contributed by atoms with Crippen LogP contribution in [0.2, 0.25) is 0 Å². The molecule has 0 aromatic heterocycles. The van der Waals surface area contributed by atoms with Crippen LogP contribution in [0.15, 0.2) is 46.9 Å². The summed E-state index contributed by atoms with van der Waals surface area (Å²) in [6.45, 7) is 2.11. The largest absolute Gasteiger partial charge is 0.392 e. The molecule has 2 nitrogen and oxygen atoms in total. The molecule has 0 fully saturated rings. The molecule has 0 heterocycles. The van der Waals surface area contributed by atoms with Gasteiger partial charge in [-0.15, -0.1) is 0 Å². The lowest BCUT2D eigenvalue weighted by Crippen LogP contribution is -2.11. The Morgan fingerprint density at radius 1 is 1.11 bits per heavy atom. The van der Waals surface area contributed by atoms with Crippen molar-refractivity contribution in [2.24, 2.45) is 0 Å². The van der Waals surface area contributed by atoms with E-state index in [0.717, 1.165) is 21.4 Å². The quantitative estimate of drug-likeness (QED) is 0.926. The Morgan fingerprint density at radius 3 is 2.39 bits per heavy atom. The highest BCUT2D eigenvalue weighted by molar-refractivity contribution is 9.10. The average molecular weight is 306 g/mol. The van der Waals surface area contributed by atoms with Crippen LogP contribution in [0.4, 0.5) is 11.4 Å². The van der Waals surface area contributed by atoms with Crippen LogP contribution in [-0.2, 0) is 6.61 Å². The van der Waals surface area contributed by atoms with Crippen LogP contribution in [0, 0.1) is 6.92 Å². The number of aliphatic hydroxyl groups is 1. The Balaban J connectivity index is 2.41. The van der Waals surface area contributed by atoms with Gasteiger partial charge in [0.15, 0.2) is 0 Å². The summed E-state index contributed by atoms with van der Waals surface area (Å²) in [4.78, 5) is 2.08. The molecule has 2 aromatic rings. The number of rotatable bonds is 3. The number of aryl methyl sites for hydroxylation is 1. The number of hydrogen-bond donors (Lipinski definition) is 1. The van der Waals surface area contributed by atoms with E-state index in [9.17, 15) is 5.11 Å². The molecule has 0 aliphatic carbocycles. The van der Waals surface area contributed by atoms with Crippen molar-refractivity contribution in [1.29, 1.82) is 0 Å². The van der Waals surface area contributed by atoms with Crippen LogP contribution in [-0.4, -0.2) is 12.2 Å². The van der Waals surface area contributed by atoms with Gasteiger partial charge in [-0.3, -0.25) is 0 Å². The van der Waals surface area contributed by atoms with Crippen molar-refractivity contribution in [3.8, 4) is 0 Å². The van der Waals surface area contributed by atoms with Gasteiger partial charge in [-0.2, -0.15) is 0 Å². The van der Waals surface area contributed by atoms with Gasteiger partial charge in [-0.1, -0.05) is 39.7 Å². The maximum atomic E-state index is 9.41. The fourth-order valence-electron chi connectivity index (χ4n) is 1.89. The van der Waals surface area contributed by atoms with Crippen LogP contribution in [0.1, 0.15) is 11.1 Å². The number of benzene rings is 2. The van der Waals surface area contributed by atoms with E-state index in [2.05, 4.69) is 52.0 Å². The van der Waals surface area contributed by atoms with E-state index < -0.39 is 0 Å². The second kappa shape index (κ2) is 5.55. The summed E-state index contributed by atoms with van der Waals surface area (Å²) in [5.41, 5.74) is 4.27. The topological polar surface area (TPSA) is 23.5 Å². The van der Waals surface area contributed by atoms with Crippen LogP contribution >= 0.6 is 15.9 Å². The fraction of sp³-hybridized carbons (Fsp3) is 0.200. The SMILES string of the molecule is Cc1ccc(N(C)c2cc(Br)ccc2CO)cc1. The summed E-state index contributed by atoms with van der Waals surface area (Å²) in [7, 11) is 2.01. The van der Waals surface area contributed by atoms with Crippen molar-refractivity contribution >= 4 is 27.3 Å². The summed E-state index contributed by atoms with van der Waals surface area (Å²) in [5.74, 6) is 0. The molecule has 94 valence electrons. The van der Waals surface area contributed by atoms with Gasteiger partial charge >= 0.3 is 0 Å². The van der Waals surface area contributed by atoms with E-state index in [4.69, 9.17) is 0 Å². The Bertz CT molecular complexity index is 537. The molecule has 0 unspecified atom stereocenters. The third-order valence-corrected chi connectivity index (χ3v) is 3.49. The van der Waals surface area contributed by atoms with Crippen molar-refractivity contribution in [2.75, 3.05) is 11.9 Å². The van der Waals surface area contributed by atoms with Gasteiger partial charge in [0, 0.05) is 28.5 Å². The average Bonchev–Trinajstić information content (AvgIpc) is 2.39. The van der Waals surface area contributed by atoms with Gasteiger partial charge in [-0.05, 0) is 31.2 Å². The minimum absolute atomic E-state index is 0.0405. The molecule has 3 heteroatoms. The normalized spacial score (nSPS) is 10.4. The molecular weight excluding hydrogens is 290 g/mol. The molecule has 0 aliphatic heterocycles. The highest BCUT2D eigenvalue weighted by Gasteiger charge is 2.09. The summed E-state index contributed by atoms with van der Waals surface area (Å²) in [5, 5.41) is 9.41. The number of halogens is 1. The Labute approximate surface area is 116 Å². The fourth-order valence-corrected chi connectivity index (χ4v) is 2.24. The summed E-state index contributed by atoms with van der Waals surface area (Å²) in [6.07, 6.45) is 0. The molecule has 18 heavy (non-hydrogen) atoms. The maximum Gasteiger partial charge on any atom is 0.0702 e. The Kier molecular flexibility index (Phi) is 4.04. The predicted molar refractivity (Wildman–Crippen MR) is 79.3 cm³/mol. The standard InChI is InChI=1S/C15H16BrNO/c1-11-3-7-14(8-4-11)17(2)15-9-13(16)6-5-12(15)10-18/h3-9,18H,10H2,1-2H3. The predicted octanol–water partition coefficient (Wildman–Crippen LogP) is 4.02. The molecule has 0 bridgehead atoms. The molecule has 0 aliphatic rings. The molecule has 0 saturated carbocycles. The number of hydrogen-bond acceptors (Lipinski definition) is 2. The van der Waals surface area contributed by atoms with Gasteiger partial charge in [-0.25, -0.2) is 0 Å². The molecule has 2 aromatic carbocycles. The molecule has 0 saturated heterocycles. The zero-order chi connectivity index (χ0) is 13.1. The zero-order valence-corrected chi connectivity index (χ0v) is 12.1. The first kappa shape index (κ1) is 13.1. The smallest absolute Gasteiger partial charge is 0.0702 e. The van der Waals surface area contributed by atoms with Crippen LogP contribution in [0.5, 0.6) is 0 Å². The zero-order valence-electron chi connectivity index (χ0n) is 10.5. The highest BCUT2D eigenvalue weighted by atomic mass is 79.9. The van der Waals surface area contributed by atoms with E-state index in [1.807, 2.05) is 25.2 Å². The molecule has 2 rings (SSSR count). The lowest BCUT2D eigenvalue weighted by Gasteiger charge is -2.22. The molecule has 0 radical (unpaired) electrons. The lowest BCUT2D eigenvalue weighted by atomic mass is 10.1. The lowest BCUT2D eigenvalue weighted by molar-refractivity contribution is 0.282. The van der Waals surface area contributed by atoms with Gasteiger partial charge < -0.3 is 10.0 Å². The third kappa shape index (κ3) is 2.74. The second-order valence-corrected chi connectivity index (χ2v) is 5.24. The molecular formula is C15H16BrNO. The highest BCUT2D eigenvalue weighted by Crippen LogP contribution is 2.30. The summed E-state index contributed by atoms with van der Waals surface area (Å²) < 4.78 is 1.01. The first-order valence-electron chi connectivity index (χ1n) is 5.81. The van der Waals surface area contributed by atoms with Crippen molar-refractivity contribution in [1.82, 2.24) is 0 Å². The molecule has 0 atom stereocenters. The van der Waals surface area contributed by atoms with E-state index in [1.54, 1.807) is 0 Å². The van der Waals surface area contributed by atoms with Gasteiger partial charge in [0.2, 0.25) is 0 Å². The van der Waals surface area contributed by atoms with Crippen molar-refractivity contribution < 1.29 is 5.11 Å². The second-order valence-electron chi connectivity index (χ2n) is 4.33. The van der Waals surface area contributed by atoms with E-state index in [-0.39, 0.29) is 6.61 Å². The number of nitrogens with zero attached hydrogens (tertiary/aromatic N) is 1. The maximum absolute atomic E-state index is 9.41. The number of anilines is 2. The minimum atomic E-state index is 0.0405. The van der Waals surface area contributed by atoms with Crippen LogP contribution in [0.3, 0.4) is 0 Å². The van der Waals surface area contributed by atoms with Gasteiger partial charge in [0.05, 0.1) is 6.61 Å². The first-order chi connectivity index (χ1) is 8.61. The van der Waals surface area contributed by atoms with E-state index >= 15 is 0 Å². The van der Waals surface area contributed by atoms with Gasteiger partial charge in [0.25, 0.3) is 0 Å². The number of aliphatic hydroxyl groups excluding tert-OH is 1. The van der Waals surface area contributed by atoms with E-state index in [1.165, 1.54) is 5.56 Å². The summed E-state index contributed by atoms with van der Waals surface area (Å²) in [6, 6.07) is 14.2. The van der Waals surface area contributed by atoms with Crippen molar-refractivity contribution in [3.05, 3.63) is 58.1 Å². The molecule has 1 N–H and O–H groups in total. The van der Waals surface area contributed by atoms with E-state index in [0.29, 0.717) is 0 Å². The van der Waals surface area contributed by atoms with Crippen molar-refractivity contribution in [2.45, 2.75) is 13.5 Å².